The van der Waals surface area contributed by atoms with Gasteiger partial charge in [0.05, 0.1) is 0 Å². The molecule has 3 nitrogen and oxygen atoms in total. The molecule has 0 unspecified atom stereocenters. The predicted molar refractivity (Wildman–Crippen MR) is 64.8 cm³/mol. The van der Waals surface area contributed by atoms with Gasteiger partial charge in [0.1, 0.15) is 5.75 Å². The summed E-state index contributed by atoms with van der Waals surface area (Å²) in [5, 5.41) is 3.39. The zero-order valence-electron chi connectivity index (χ0n) is 9.50. The van der Waals surface area contributed by atoms with Crippen molar-refractivity contribution < 1.29 is 9.53 Å². The highest BCUT2D eigenvalue weighted by Gasteiger charge is 2.16. The molecule has 4 heteroatoms. The first-order chi connectivity index (χ1) is 7.67. The van der Waals surface area contributed by atoms with E-state index in [9.17, 15) is 4.79 Å². The van der Waals surface area contributed by atoms with Crippen LogP contribution in [0.2, 0.25) is 5.02 Å². The number of ether oxygens (including phenoxy) is 1. The van der Waals surface area contributed by atoms with E-state index in [1.807, 2.05) is 13.8 Å². The fourth-order valence-corrected chi connectivity index (χ4v) is 1.41. The topological polar surface area (TPSA) is 38.3 Å². The highest BCUT2D eigenvalue weighted by atomic mass is 35.5. The highest BCUT2D eigenvalue weighted by molar-refractivity contribution is 6.30. The van der Waals surface area contributed by atoms with Crippen molar-refractivity contribution in [3.05, 3.63) is 29.3 Å². The number of benzene rings is 1. The first-order valence-corrected chi connectivity index (χ1v) is 5.75. The van der Waals surface area contributed by atoms with Crippen LogP contribution in [-0.2, 0) is 4.79 Å². The Balaban J connectivity index is 2.62. The van der Waals surface area contributed by atoms with Gasteiger partial charge >= 0.3 is 0 Å². The number of hydrogen-bond donors (Lipinski definition) is 1. The van der Waals surface area contributed by atoms with Crippen molar-refractivity contribution >= 4 is 17.5 Å². The smallest absolute Gasteiger partial charge is 0.261 e. The van der Waals surface area contributed by atoms with Crippen molar-refractivity contribution in [1.82, 2.24) is 5.32 Å². The summed E-state index contributed by atoms with van der Waals surface area (Å²) in [5.74, 6) is 0.572. The molecule has 1 amide bonds. The van der Waals surface area contributed by atoms with Gasteiger partial charge in [0.2, 0.25) is 0 Å². The van der Waals surface area contributed by atoms with Gasteiger partial charge in [0.15, 0.2) is 6.10 Å². The lowest BCUT2D eigenvalue weighted by Gasteiger charge is -2.16. The number of carbonyl (C=O) groups is 1. The third-order valence-corrected chi connectivity index (χ3v) is 2.36. The Labute approximate surface area is 101 Å². The zero-order chi connectivity index (χ0) is 12.0. The Morgan fingerprint density at radius 3 is 2.50 bits per heavy atom. The molecule has 1 aromatic carbocycles. The van der Waals surface area contributed by atoms with Crippen molar-refractivity contribution in [2.75, 3.05) is 6.54 Å². The Kier molecular flexibility index (Phi) is 5.12. The van der Waals surface area contributed by atoms with Crippen LogP contribution in [0, 0.1) is 0 Å². The van der Waals surface area contributed by atoms with Crippen molar-refractivity contribution in [3.63, 3.8) is 0 Å². The molecule has 88 valence electrons. The average molecular weight is 242 g/mol. The van der Waals surface area contributed by atoms with Crippen molar-refractivity contribution in [2.45, 2.75) is 26.4 Å². The number of hydrogen-bond acceptors (Lipinski definition) is 2. The second kappa shape index (κ2) is 6.38. The molecule has 0 bridgehead atoms. The fourth-order valence-electron chi connectivity index (χ4n) is 1.29. The lowest BCUT2D eigenvalue weighted by Crippen LogP contribution is -2.37. The summed E-state index contributed by atoms with van der Waals surface area (Å²) in [6, 6.07) is 6.98. The molecule has 0 saturated carbocycles. The maximum Gasteiger partial charge on any atom is 0.261 e. The summed E-state index contributed by atoms with van der Waals surface area (Å²) in [5.41, 5.74) is 0. The minimum Gasteiger partial charge on any atom is -0.481 e. The molecule has 1 rings (SSSR count). The summed E-state index contributed by atoms with van der Waals surface area (Å²) < 4.78 is 5.56. The monoisotopic (exact) mass is 241 g/mol. The molecule has 0 aliphatic carbocycles. The second-order valence-corrected chi connectivity index (χ2v) is 3.80. The standard InChI is InChI=1S/C12H16ClNO2/c1-3-11(12(15)14-4-2)16-10-7-5-9(13)6-8-10/h5-8,11H,3-4H2,1-2H3,(H,14,15)/t11-/m0/s1. The van der Waals surface area contributed by atoms with Crippen LogP contribution < -0.4 is 10.1 Å². The van der Waals surface area contributed by atoms with E-state index in [2.05, 4.69) is 5.32 Å². The Bertz CT molecular complexity index is 337. The zero-order valence-corrected chi connectivity index (χ0v) is 10.3. The number of carbonyl (C=O) groups excluding carboxylic acids is 1. The van der Waals surface area contributed by atoms with E-state index in [0.717, 1.165) is 0 Å². The second-order valence-electron chi connectivity index (χ2n) is 3.36. The van der Waals surface area contributed by atoms with Crippen LogP contribution >= 0.6 is 11.6 Å². The lowest BCUT2D eigenvalue weighted by molar-refractivity contribution is -0.128. The lowest BCUT2D eigenvalue weighted by atomic mass is 10.2. The van der Waals surface area contributed by atoms with Gasteiger partial charge in [0, 0.05) is 11.6 Å². The summed E-state index contributed by atoms with van der Waals surface area (Å²) in [6.07, 6.45) is 0.190. The molecular formula is C12H16ClNO2. The predicted octanol–water partition coefficient (Wildman–Crippen LogP) is 2.63. The van der Waals surface area contributed by atoms with Gasteiger partial charge in [-0.25, -0.2) is 0 Å². The summed E-state index contributed by atoms with van der Waals surface area (Å²) in [7, 11) is 0. The van der Waals surface area contributed by atoms with Gasteiger partial charge in [-0.3, -0.25) is 4.79 Å². The summed E-state index contributed by atoms with van der Waals surface area (Å²) in [6.45, 7) is 4.40. The molecule has 0 aromatic heterocycles. The molecule has 0 spiro atoms. The number of nitrogens with one attached hydrogen (secondary N) is 1. The van der Waals surface area contributed by atoms with Crippen molar-refractivity contribution in [1.29, 1.82) is 0 Å². The highest BCUT2D eigenvalue weighted by Crippen LogP contribution is 2.17. The Morgan fingerprint density at radius 2 is 2.00 bits per heavy atom. The van der Waals surface area contributed by atoms with E-state index in [4.69, 9.17) is 16.3 Å². The molecule has 16 heavy (non-hydrogen) atoms. The summed E-state index contributed by atoms with van der Waals surface area (Å²) >= 11 is 5.76. The van der Waals surface area contributed by atoms with Gasteiger partial charge in [-0.2, -0.15) is 0 Å². The molecule has 0 fully saturated rings. The molecular weight excluding hydrogens is 226 g/mol. The molecule has 0 radical (unpaired) electrons. The van der Waals surface area contributed by atoms with Crippen molar-refractivity contribution in [3.8, 4) is 5.75 Å². The Morgan fingerprint density at radius 1 is 1.38 bits per heavy atom. The number of likely N-dealkylation sites (N-methyl/N-ethyl adjacent to an activating group) is 1. The van der Waals surface area contributed by atoms with Crippen LogP contribution in [0.15, 0.2) is 24.3 Å². The minimum atomic E-state index is -0.443. The quantitative estimate of drug-likeness (QED) is 0.861. The molecule has 0 aliphatic rings. The molecule has 0 aliphatic heterocycles. The van der Waals surface area contributed by atoms with E-state index in [0.29, 0.717) is 23.7 Å². The summed E-state index contributed by atoms with van der Waals surface area (Å²) in [4.78, 5) is 11.6. The van der Waals surface area contributed by atoms with E-state index in [-0.39, 0.29) is 5.91 Å². The molecule has 1 N–H and O–H groups in total. The number of rotatable bonds is 5. The van der Waals surface area contributed by atoms with Gasteiger partial charge in [-0.05, 0) is 37.6 Å². The minimum absolute atomic E-state index is 0.0834. The van der Waals surface area contributed by atoms with Gasteiger partial charge in [0.25, 0.3) is 5.91 Å². The molecule has 1 aromatic rings. The third-order valence-electron chi connectivity index (χ3n) is 2.11. The van der Waals surface area contributed by atoms with Crippen LogP contribution in [0.1, 0.15) is 20.3 Å². The maximum absolute atomic E-state index is 11.6. The molecule has 1 atom stereocenters. The third kappa shape index (κ3) is 3.74. The normalized spacial score (nSPS) is 11.9. The first kappa shape index (κ1) is 12.8. The van der Waals surface area contributed by atoms with E-state index in [1.54, 1.807) is 24.3 Å². The van der Waals surface area contributed by atoms with E-state index >= 15 is 0 Å². The van der Waals surface area contributed by atoms with Gasteiger partial charge in [-0.1, -0.05) is 18.5 Å². The number of amides is 1. The molecule has 0 heterocycles. The van der Waals surface area contributed by atoms with E-state index in [1.165, 1.54) is 0 Å². The van der Waals surface area contributed by atoms with Crippen LogP contribution in [-0.4, -0.2) is 18.6 Å². The van der Waals surface area contributed by atoms with Crippen molar-refractivity contribution in [2.24, 2.45) is 0 Å². The SMILES string of the molecule is CCNC(=O)[C@H](CC)Oc1ccc(Cl)cc1. The van der Waals surface area contributed by atoms with Crippen LogP contribution in [0.5, 0.6) is 5.75 Å². The van der Waals surface area contributed by atoms with Crippen LogP contribution in [0.4, 0.5) is 0 Å². The maximum atomic E-state index is 11.6. The Hall–Kier alpha value is -1.22. The van der Waals surface area contributed by atoms with Crippen LogP contribution in [0.3, 0.4) is 0 Å². The molecule has 0 saturated heterocycles. The number of halogens is 1. The van der Waals surface area contributed by atoms with E-state index < -0.39 is 6.10 Å². The first-order valence-electron chi connectivity index (χ1n) is 5.37. The largest absolute Gasteiger partial charge is 0.481 e. The fraction of sp³-hybridized carbons (Fsp3) is 0.417. The average Bonchev–Trinajstić information content (AvgIpc) is 2.28. The van der Waals surface area contributed by atoms with Gasteiger partial charge < -0.3 is 10.1 Å². The van der Waals surface area contributed by atoms with Crippen LogP contribution in [0.25, 0.3) is 0 Å². The van der Waals surface area contributed by atoms with Gasteiger partial charge in [-0.15, -0.1) is 0 Å².